The van der Waals surface area contributed by atoms with Crippen molar-refractivity contribution >= 4 is 29.4 Å². The van der Waals surface area contributed by atoms with Crippen molar-refractivity contribution in [2.75, 3.05) is 0 Å². The van der Waals surface area contributed by atoms with Gasteiger partial charge in [-0.3, -0.25) is 9.59 Å². The molecule has 3 rings (SSSR count). The molecule has 1 atom stereocenters. The molecule has 0 aliphatic heterocycles. The molecule has 6 heteroatoms. The summed E-state index contributed by atoms with van der Waals surface area (Å²) in [5.41, 5.74) is 2.49. The largest absolute Gasteiger partial charge is 0.344 e. The van der Waals surface area contributed by atoms with Crippen molar-refractivity contribution in [1.29, 1.82) is 0 Å². The molecule has 23 heavy (non-hydrogen) atoms. The van der Waals surface area contributed by atoms with Crippen molar-refractivity contribution in [3.05, 3.63) is 70.6 Å². The molecular weight excluding hydrogens is 314 g/mol. The van der Waals surface area contributed by atoms with Crippen LogP contribution in [0.25, 0.3) is 5.65 Å². The van der Waals surface area contributed by atoms with E-state index < -0.39 is 0 Å². The summed E-state index contributed by atoms with van der Waals surface area (Å²) in [5, 5.41) is 3.46. The van der Waals surface area contributed by atoms with E-state index in [-0.39, 0.29) is 11.9 Å². The number of benzene rings is 1. The van der Waals surface area contributed by atoms with Crippen LogP contribution < -0.4 is 5.32 Å². The molecular formula is C17H14ClN3O2. The first-order chi connectivity index (χ1) is 11.1. The number of hydrogen-bond acceptors (Lipinski definition) is 3. The van der Waals surface area contributed by atoms with E-state index in [9.17, 15) is 9.59 Å². The number of fused-ring (bicyclic) bond motifs is 1. The van der Waals surface area contributed by atoms with Crippen LogP contribution in [0, 0.1) is 0 Å². The van der Waals surface area contributed by atoms with Crippen LogP contribution >= 0.6 is 11.6 Å². The number of nitrogens with zero attached hydrogens (tertiary/aromatic N) is 2. The number of aromatic nitrogens is 2. The van der Waals surface area contributed by atoms with Gasteiger partial charge < -0.3 is 9.72 Å². The van der Waals surface area contributed by atoms with Crippen LogP contribution in [0.3, 0.4) is 0 Å². The fourth-order valence-corrected chi connectivity index (χ4v) is 2.46. The average molecular weight is 328 g/mol. The smallest absolute Gasteiger partial charge is 0.271 e. The number of carbonyl (C=O) groups is 2. The maximum atomic E-state index is 12.3. The molecule has 2 heterocycles. The predicted octanol–water partition coefficient (Wildman–Crippen LogP) is 3.29. The van der Waals surface area contributed by atoms with Crippen LogP contribution in [0.5, 0.6) is 0 Å². The van der Waals surface area contributed by atoms with E-state index in [0.717, 1.165) is 11.8 Å². The standard InChI is InChI=1S/C17H14ClN3O2/c1-11(13-4-2-12(10-22)3-5-13)19-17(23)15-9-21-8-14(18)6-7-16(21)20-15/h2-11H,1H3,(H,19,23). The molecule has 0 saturated heterocycles. The van der Waals surface area contributed by atoms with E-state index in [1.807, 2.05) is 19.1 Å². The van der Waals surface area contributed by atoms with Crippen LogP contribution in [0.4, 0.5) is 0 Å². The van der Waals surface area contributed by atoms with Crippen molar-refractivity contribution in [3.63, 3.8) is 0 Å². The summed E-state index contributed by atoms with van der Waals surface area (Å²) in [7, 11) is 0. The summed E-state index contributed by atoms with van der Waals surface area (Å²) in [4.78, 5) is 27.3. The van der Waals surface area contributed by atoms with Crippen molar-refractivity contribution < 1.29 is 9.59 Å². The third-order valence-corrected chi connectivity index (χ3v) is 3.79. The Hall–Kier alpha value is -2.66. The molecule has 0 aliphatic rings. The van der Waals surface area contributed by atoms with Gasteiger partial charge in [0.1, 0.15) is 17.6 Å². The minimum Gasteiger partial charge on any atom is -0.344 e. The van der Waals surface area contributed by atoms with Gasteiger partial charge in [0.2, 0.25) is 0 Å². The molecule has 1 amide bonds. The highest BCUT2D eigenvalue weighted by atomic mass is 35.5. The monoisotopic (exact) mass is 327 g/mol. The summed E-state index contributed by atoms with van der Waals surface area (Å²) in [6.07, 6.45) is 4.12. The number of hydrogen-bond donors (Lipinski definition) is 1. The van der Waals surface area contributed by atoms with Gasteiger partial charge in [0.25, 0.3) is 5.91 Å². The second kappa shape index (κ2) is 6.22. The SMILES string of the molecule is CC(NC(=O)c1cn2cc(Cl)ccc2n1)c1ccc(C=O)cc1. The van der Waals surface area contributed by atoms with Crippen molar-refractivity contribution in [3.8, 4) is 0 Å². The van der Waals surface area contributed by atoms with Crippen LogP contribution in [0.1, 0.15) is 39.4 Å². The Labute approximate surface area is 137 Å². The molecule has 0 spiro atoms. The fourth-order valence-electron chi connectivity index (χ4n) is 2.29. The summed E-state index contributed by atoms with van der Waals surface area (Å²) in [5.74, 6) is -0.267. The summed E-state index contributed by atoms with van der Waals surface area (Å²) < 4.78 is 1.71. The zero-order valence-electron chi connectivity index (χ0n) is 12.4. The molecule has 0 aliphatic carbocycles. The molecule has 0 bridgehead atoms. The highest BCUT2D eigenvalue weighted by Crippen LogP contribution is 2.15. The van der Waals surface area contributed by atoms with E-state index in [1.54, 1.807) is 41.1 Å². The Morgan fingerprint density at radius 1 is 1.22 bits per heavy atom. The minimum atomic E-state index is -0.267. The van der Waals surface area contributed by atoms with Gasteiger partial charge in [-0.05, 0) is 24.6 Å². The van der Waals surface area contributed by atoms with Gasteiger partial charge in [-0.25, -0.2) is 4.98 Å². The Bertz CT molecular complexity index is 871. The molecule has 1 unspecified atom stereocenters. The molecule has 0 radical (unpaired) electrons. The number of aldehydes is 1. The lowest BCUT2D eigenvalue weighted by Gasteiger charge is -2.13. The van der Waals surface area contributed by atoms with E-state index in [4.69, 9.17) is 11.6 Å². The first-order valence-electron chi connectivity index (χ1n) is 7.07. The first kappa shape index (κ1) is 15.2. The van der Waals surface area contributed by atoms with E-state index in [0.29, 0.717) is 21.9 Å². The quantitative estimate of drug-likeness (QED) is 0.748. The number of imidazole rings is 1. The van der Waals surface area contributed by atoms with Crippen LogP contribution in [-0.2, 0) is 0 Å². The molecule has 5 nitrogen and oxygen atoms in total. The van der Waals surface area contributed by atoms with Crippen LogP contribution in [-0.4, -0.2) is 21.6 Å². The number of amides is 1. The first-order valence-corrected chi connectivity index (χ1v) is 7.45. The fraction of sp³-hybridized carbons (Fsp3) is 0.118. The second-order valence-corrected chi connectivity index (χ2v) is 5.66. The highest BCUT2D eigenvalue weighted by molar-refractivity contribution is 6.30. The third-order valence-electron chi connectivity index (χ3n) is 3.57. The zero-order chi connectivity index (χ0) is 16.4. The van der Waals surface area contributed by atoms with E-state index in [1.165, 1.54) is 0 Å². The number of carbonyl (C=O) groups excluding carboxylic acids is 2. The molecule has 2 aromatic heterocycles. The lowest BCUT2D eigenvalue weighted by molar-refractivity contribution is 0.0935. The van der Waals surface area contributed by atoms with Gasteiger partial charge in [0.15, 0.2) is 0 Å². The third kappa shape index (κ3) is 3.24. The van der Waals surface area contributed by atoms with Gasteiger partial charge in [-0.1, -0.05) is 35.9 Å². The second-order valence-electron chi connectivity index (χ2n) is 5.22. The lowest BCUT2D eigenvalue weighted by Crippen LogP contribution is -2.26. The Morgan fingerprint density at radius 2 is 1.96 bits per heavy atom. The van der Waals surface area contributed by atoms with Gasteiger partial charge >= 0.3 is 0 Å². The minimum absolute atomic E-state index is 0.198. The van der Waals surface area contributed by atoms with Crippen molar-refractivity contribution in [2.45, 2.75) is 13.0 Å². The molecule has 1 N–H and O–H groups in total. The zero-order valence-corrected chi connectivity index (χ0v) is 13.1. The number of rotatable bonds is 4. The van der Waals surface area contributed by atoms with Crippen LogP contribution in [0.2, 0.25) is 5.02 Å². The Kier molecular flexibility index (Phi) is 4.12. The topological polar surface area (TPSA) is 63.5 Å². The van der Waals surface area contributed by atoms with Gasteiger partial charge in [-0.15, -0.1) is 0 Å². The summed E-state index contributed by atoms with van der Waals surface area (Å²) in [6, 6.07) is 10.4. The Balaban J connectivity index is 1.77. The molecule has 3 aromatic rings. The van der Waals surface area contributed by atoms with Crippen molar-refractivity contribution in [1.82, 2.24) is 14.7 Å². The molecule has 0 fully saturated rings. The van der Waals surface area contributed by atoms with Crippen molar-refractivity contribution in [2.24, 2.45) is 0 Å². The maximum Gasteiger partial charge on any atom is 0.271 e. The number of pyridine rings is 1. The maximum absolute atomic E-state index is 12.3. The summed E-state index contributed by atoms with van der Waals surface area (Å²) in [6.45, 7) is 1.88. The van der Waals surface area contributed by atoms with E-state index >= 15 is 0 Å². The Morgan fingerprint density at radius 3 is 2.65 bits per heavy atom. The highest BCUT2D eigenvalue weighted by Gasteiger charge is 2.14. The lowest BCUT2D eigenvalue weighted by atomic mass is 10.1. The number of nitrogens with one attached hydrogen (secondary N) is 1. The van der Waals surface area contributed by atoms with Gasteiger partial charge in [-0.2, -0.15) is 0 Å². The predicted molar refractivity (Wildman–Crippen MR) is 87.9 cm³/mol. The molecule has 0 saturated carbocycles. The summed E-state index contributed by atoms with van der Waals surface area (Å²) >= 11 is 5.92. The normalized spacial score (nSPS) is 12.1. The number of halogens is 1. The van der Waals surface area contributed by atoms with Gasteiger partial charge in [0, 0.05) is 18.0 Å². The molecule has 116 valence electrons. The van der Waals surface area contributed by atoms with E-state index in [2.05, 4.69) is 10.3 Å². The van der Waals surface area contributed by atoms with Gasteiger partial charge in [0.05, 0.1) is 11.1 Å². The van der Waals surface area contributed by atoms with Crippen LogP contribution in [0.15, 0.2) is 48.8 Å². The average Bonchev–Trinajstić information content (AvgIpc) is 2.98. The molecule has 1 aromatic carbocycles.